The van der Waals surface area contributed by atoms with E-state index in [2.05, 4.69) is 0 Å². The zero-order valence-electron chi connectivity index (χ0n) is 17.2. The number of hydroxylamine groups is 1. The number of hydrogen-bond donors (Lipinski definition) is 0. The van der Waals surface area contributed by atoms with Crippen LogP contribution in [0.15, 0.2) is 72.8 Å². The predicted octanol–water partition coefficient (Wildman–Crippen LogP) is 5.01. The van der Waals surface area contributed by atoms with Crippen LogP contribution in [0.3, 0.4) is 0 Å². The highest BCUT2D eigenvalue weighted by atomic mass is 35.5. The van der Waals surface area contributed by atoms with Crippen LogP contribution < -0.4 is 9.96 Å². The van der Waals surface area contributed by atoms with E-state index in [1.807, 2.05) is 74.5 Å². The van der Waals surface area contributed by atoms with Crippen molar-refractivity contribution >= 4 is 34.8 Å². The summed E-state index contributed by atoms with van der Waals surface area (Å²) in [5.41, 5.74) is 4.06. The van der Waals surface area contributed by atoms with Gasteiger partial charge in [0.05, 0.1) is 17.4 Å². The Morgan fingerprint density at radius 1 is 0.806 bits per heavy atom. The van der Waals surface area contributed by atoms with Gasteiger partial charge in [-0.2, -0.15) is 0 Å². The fraction of sp³-hybridized carbons (Fsp3) is 0.200. The number of benzene rings is 3. The van der Waals surface area contributed by atoms with Gasteiger partial charge in [-0.3, -0.25) is 14.4 Å². The molecule has 2 fully saturated rings. The van der Waals surface area contributed by atoms with E-state index < -0.39 is 18.1 Å². The second-order valence-electron chi connectivity index (χ2n) is 7.96. The minimum atomic E-state index is -0.882. The number of rotatable bonds is 3. The molecule has 0 aliphatic carbocycles. The number of hydrogen-bond acceptors (Lipinski definition) is 4. The zero-order chi connectivity index (χ0) is 21.7. The lowest BCUT2D eigenvalue weighted by atomic mass is 9.90. The lowest BCUT2D eigenvalue weighted by Gasteiger charge is -2.29. The Morgan fingerprint density at radius 2 is 1.45 bits per heavy atom. The van der Waals surface area contributed by atoms with E-state index in [1.54, 1.807) is 17.2 Å². The number of amides is 2. The van der Waals surface area contributed by atoms with Crippen LogP contribution in [0.1, 0.15) is 22.7 Å². The first kappa shape index (κ1) is 19.8. The van der Waals surface area contributed by atoms with Gasteiger partial charge >= 0.3 is 0 Å². The number of imide groups is 1. The first-order chi connectivity index (χ1) is 15.0. The van der Waals surface area contributed by atoms with Gasteiger partial charge in [-0.1, -0.05) is 60.1 Å². The summed E-state index contributed by atoms with van der Waals surface area (Å²) in [5, 5.41) is 2.30. The van der Waals surface area contributed by atoms with Crippen LogP contribution in [-0.4, -0.2) is 17.9 Å². The maximum Gasteiger partial charge on any atom is 0.266 e. The normalized spacial score (nSPS) is 22.9. The molecule has 0 spiro atoms. The molecule has 0 N–H and O–H groups in total. The molecule has 2 aliphatic rings. The van der Waals surface area contributed by atoms with Crippen molar-refractivity contribution in [1.29, 1.82) is 0 Å². The van der Waals surface area contributed by atoms with Gasteiger partial charge in [-0.05, 0) is 54.8 Å². The molecule has 3 aromatic rings. The maximum atomic E-state index is 13.7. The number of carbonyl (C=O) groups is 2. The number of nitrogens with zero attached hydrogens (tertiary/aromatic N) is 2. The molecule has 5 rings (SSSR count). The molecule has 2 aliphatic heterocycles. The number of fused-ring (bicyclic) bond motifs is 1. The van der Waals surface area contributed by atoms with Crippen molar-refractivity contribution in [1.82, 2.24) is 0 Å². The molecular weight excluding hydrogens is 412 g/mol. The van der Waals surface area contributed by atoms with Gasteiger partial charge in [-0.25, -0.2) is 9.96 Å². The van der Waals surface area contributed by atoms with Gasteiger partial charge in [0.2, 0.25) is 5.91 Å². The smallest absolute Gasteiger partial charge is 0.266 e. The highest BCUT2D eigenvalue weighted by Crippen LogP contribution is 2.48. The molecule has 0 unspecified atom stereocenters. The molecule has 2 amide bonds. The summed E-state index contributed by atoms with van der Waals surface area (Å²) in [7, 11) is 0. The number of aryl methyl sites for hydroxylation is 2. The largest absolute Gasteiger partial charge is 0.273 e. The molecule has 3 atom stereocenters. The minimum absolute atomic E-state index is 0.245. The molecule has 5 nitrogen and oxygen atoms in total. The Morgan fingerprint density at radius 3 is 2.10 bits per heavy atom. The summed E-state index contributed by atoms with van der Waals surface area (Å²) >= 11 is 6.10. The van der Waals surface area contributed by atoms with Crippen molar-refractivity contribution in [2.75, 3.05) is 9.96 Å². The fourth-order valence-electron chi connectivity index (χ4n) is 4.59. The van der Waals surface area contributed by atoms with E-state index in [-0.39, 0.29) is 11.8 Å². The van der Waals surface area contributed by atoms with E-state index in [0.29, 0.717) is 10.7 Å². The van der Waals surface area contributed by atoms with Crippen molar-refractivity contribution in [3.05, 3.63) is 94.5 Å². The molecule has 0 aromatic heterocycles. The molecule has 0 bridgehead atoms. The van der Waals surface area contributed by atoms with E-state index in [9.17, 15) is 9.59 Å². The van der Waals surface area contributed by atoms with Crippen molar-refractivity contribution in [3.8, 4) is 0 Å². The number of halogens is 1. The molecule has 2 heterocycles. The van der Waals surface area contributed by atoms with Gasteiger partial charge in [0, 0.05) is 5.02 Å². The zero-order valence-corrected chi connectivity index (χ0v) is 17.9. The van der Waals surface area contributed by atoms with Gasteiger partial charge in [0.25, 0.3) is 5.91 Å². The van der Waals surface area contributed by atoms with E-state index >= 15 is 0 Å². The second-order valence-corrected chi connectivity index (χ2v) is 8.40. The van der Waals surface area contributed by atoms with Crippen LogP contribution in [0.4, 0.5) is 11.4 Å². The third-order valence-corrected chi connectivity index (χ3v) is 6.25. The third-order valence-electron chi connectivity index (χ3n) is 6.00. The van der Waals surface area contributed by atoms with Crippen LogP contribution in [0, 0.1) is 19.8 Å². The van der Waals surface area contributed by atoms with Crippen molar-refractivity contribution in [2.24, 2.45) is 5.92 Å². The number of anilines is 2. The van der Waals surface area contributed by atoms with Crippen molar-refractivity contribution in [3.63, 3.8) is 0 Å². The molecule has 31 heavy (non-hydrogen) atoms. The van der Waals surface area contributed by atoms with Gasteiger partial charge in [0.1, 0.15) is 5.92 Å². The highest BCUT2D eigenvalue weighted by molar-refractivity contribution is 6.30. The Hall–Kier alpha value is -3.15. The Kier molecular flexibility index (Phi) is 4.80. The lowest BCUT2D eigenvalue weighted by Crippen LogP contribution is -2.38. The van der Waals surface area contributed by atoms with Crippen LogP contribution >= 0.6 is 11.6 Å². The first-order valence-electron chi connectivity index (χ1n) is 10.2. The minimum Gasteiger partial charge on any atom is -0.273 e. The summed E-state index contributed by atoms with van der Waals surface area (Å²) < 4.78 is 0. The summed E-state index contributed by atoms with van der Waals surface area (Å²) in [6.45, 7) is 3.82. The molecule has 0 radical (unpaired) electrons. The van der Waals surface area contributed by atoms with Crippen LogP contribution in [0.25, 0.3) is 0 Å². The third kappa shape index (κ3) is 3.12. The van der Waals surface area contributed by atoms with Gasteiger partial charge < -0.3 is 0 Å². The van der Waals surface area contributed by atoms with E-state index in [1.165, 1.54) is 4.90 Å². The summed E-state index contributed by atoms with van der Waals surface area (Å²) in [5.74, 6) is -1.23. The number of para-hydroxylation sites is 2. The summed E-state index contributed by atoms with van der Waals surface area (Å²) in [6, 6.07) is 22.2. The van der Waals surface area contributed by atoms with Crippen LogP contribution in [0.5, 0.6) is 0 Å². The maximum absolute atomic E-state index is 13.7. The van der Waals surface area contributed by atoms with Gasteiger partial charge in [-0.15, -0.1) is 0 Å². The number of carbonyl (C=O) groups excluding carboxylic acids is 2. The molecule has 156 valence electrons. The molecular formula is C25H21ClN2O3. The topological polar surface area (TPSA) is 49.9 Å². The van der Waals surface area contributed by atoms with Gasteiger partial charge in [0.15, 0.2) is 6.10 Å². The molecule has 0 saturated carbocycles. The highest BCUT2D eigenvalue weighted by Gasteiger charge is 2.60. The van der Waals surface area contributed by atoms with E-state index in [0.717, 1.165) is 22.4 Å². The fourth-order valence-corrected chi connectivity index (χ4v) is 4.72. The molecule has 6 heteroatoms. The summed E-state index contributed by atoms with van der Waals surface area (Å²) in [6.07, 6.45) is -0.882. The molecule has 3 aromatic carbocycles. The predicted molar refractivity (Wildman–Crippen MR) is 120 cm³/mol. The monoisotopic (exact) mass is 432 g/mol. The average Bonchev–Trinajstić information content (AvgIpc) is 3.27. The molecule has 2 saturated heterocycles. The lowest BCUT2D eigenvalue weighted by molar-refractivity contribution is -0.126. The van der Waals surface area contributed by atoms with Crippen molar-refractivity contribution < 1.29 is 14.4 Å². The van der Waals surface area contributed by atoms with Crippen LogP contribution in [0.2, 0.25) is 5.02 Å². The Labute approximate surface area is 185 Å². The van der Waals surface area contributed by atoms with E-state index in [4.69, 9.17) is 16.4 Å². The Bertz CT molecular complexity index is 1140. The average molecular weight is 433 g/mol. The quantitative estimate of drug-likeness (QED) is 0.546. The first-order valence-corrected chi connectivity index (χ1v) is 10.6. The standard InChI is InChI=1S/C25H21ClN2O3/c1-15-7-6-8-16(2)21(15)27-24(29)20-22(17-11-13-18(26)14-12-17)28(31-23(20)25(27)30)19-9-4-3-5-10-19/h3-14,20,22-23H,1-2H3/t20-,22-,23-/m1/s1. The Balaban J connectivity index is 1.61. The summed E-state index contributed by atoms with van der Waals surface area (Å²) in [4.78, 5) is 34.6. The second kappa shape index (κ2) is 7.52. The SMILES string of the molecule is Cc1cccc(C)c1N1C(=O)[C@@H]2[C@@H](c3ccc(Cl)cc3)N(c3ccccc3)O[C@H]2C1=O. The van der Waals surface area contributed by atoms with Crippen molar-refractivity contribution in [2.45, 2.75) is 26.0 Å². The van der Waals surface area contributed by atoms with Crippen LogP contribution in [-0.2, 0) is 14.4 Å².